The molecule has 8 nitrogen and oxygen atoms in total. The third kappa shape index (κ3) is 3.97. The number of nitrogens with two attached hydrogens (primary N) is 1. The number of amides is 2. The SMILES string of the molecule is Cc1ccc2oc3c(c(=O)c2c1)C(c1ccc(OCC(N)=O)cc1)N(CCN(C)C)C3=O. The van der Waals surface area contributed by atoms with Gasteiger partial charge in [-0.3, -0.25) is 14.4 Å². The van der Waals surface area contributed by atoms with Crippen LogP contribution in [0.15, 0.2) is 51.7 Å². The highest BCUT2D eigenvalue weighted by molar-refractivity contribution is 5.99. The van der Waals surface area contributed by atoms with E-state index in [0.29, 0.717) is 35.4 Å². The van der Waals surface area contributed by atoms with Crippen LogP contribution in [0.1, 0.15) is 33.3 Å². The van der Waals surface area contributed by atoms with Crippen LogP contribution in [0.4, 0.5) is 0 Å². The maximum Gasteiger partial charge on any atom is 0.290 e. The molecule has 2 N–H and O–H groups in total. The molecular weight excluding hydrogens is 410 g/mol. The summed E-state index contributed by atoms with van der Waals surface area (Å²) in [4.78, 5) is 41.4. The number of hydrogen-bond acceptors (Lipinski definition) is 6. The number of fused-ring (bicyclic) bond motifs is 2. The molecule has 1 aromatic heterocycles. The molecule has 2 amide bonds. The van der Waals surface area contributed by atoms with Crippen LogP contribution in [0.25, 0.3) is 11.0 Å². The fourth-order valence-corrected chi connectivity index (χ4v) is 3.92. The summed E-state index contributed by atoms with van der Waals surface area (Å²) in [5.74, 6) is -0.318. The molecule has 3 aromatic rings. The average molecular weight is 435 g/mol. The van der Waals surface area contributed by atoms with E-state index in [-0.39, 0.29) is 23.7 Å². The predicted octanol–water partition coefficient (Wildman–Crippen LogP) is 2.07. The molecule has 1 aliphatic rings. The highest BCUT2D eigenvalue weighted by Crippen LogP contribution is 2.38. The highest BCUT2D eigenvalue weighted by atomic mass is 16.5. The summed E-state index contributed by atoms with van der Waals surface area (Å²) in [6.07, 6.45) is 0. The minimum atomic E-state index is -0.580. The Hall–Kier alpha value is -3.65. The molecule has 2 aromatic carbocycles. The zero-order chi connectivity index (χ0) is 23.0. The summed E-state index contributed by atoms with van der Waals surface area (Å²) in [6, 6.07) is 11.7. The van der Waals surface area contributed by atoms with Crippen LogP contribution >= 0.6 is 0 Å². The normalized spacial score (nSPS) is 15.4. The first-order valence-corrected chi connectivity index (χ1v) is 10.3. The second-order valence-electron chi connectivity index (χ2n) is 8.20. The Morgan fingerprint density at radius 2 is 1.88 bits per heavy atom. The Labute approximate surface area is 185 Å². The van der Waals surface area contributed by atoms with Crippen LogP contribution in [-0.2, 0) is 4.79 Å². The van der Waals surface area contributed by atoms with Gasteiger partial charge in [0.2, 0.25) is 5.76 Å². The van der Waals surface area contributed by atoms with Crippen molar-refractivity contribution in [2.45, 2.75) is 13.0 Å². The Kier molecular flexibility index (Phi) is 5.71. The van der Waals surface area contributed by atoms with Crippen molar-refractivity contribution >= 4 is 22.8 Å². The van der Waals surface area contributed by atoms with Crippen molar-refractivity contribution in [2.75, 3.05) is 33.8 Å². The van der Waals surface area contributed by atoms with Gasteiger partial charge in [0.1, 0.15) is 11.3 Å². The zero-order valence-electron chi connectivity index (χ0n) is 18.3. The monoisotopic (exact) mass is 435 g/mol. The molecule has 32 heavy (non-hydrogen) atoms. The van der Waals surface area contributed by atoms with E-state index in [0.717, 1.165) is 11.1 Å². The number of likely N-dealkylation sites (N-methyl/N-ethyl adjacent to an activating group) is 1. The second-order valence-corrected chi connectivity index (χ2v) is 8.20. The van der Waals surface area contributed by atoms with Gasteiger partial charge >= 0.3 is 0 Å². The summed E-state index contributed by atoms with van der Waals surface area (Å²) < 4.78 is 11.3. The summed E-state index contributed by atoms with van der Waals surface area (Å²) in [7, 11) is 3.85. The van der Waals surface area contributed by atoms with Gasteiger partial charge in [0.25, 0.3) is 11.8 Å². The maximum atomic E-state index is 13.5. The summed E-state index contributed by atoms with van der Waals surface area (Å²) in [5.41, 5.74) is 7.36. The summed E-state index contributed by atoms with van der Waals surface area (Å²) >= 11 is 0. The van der Waals surface area contributed by atoms with Crippen LogP contribution in [0.3, 0.4) is 0 Å². The van der Waals surface area contributed by atoms with E-state index < -0.39 is 11.9 Å². The van der Waals surface area contributed by atoms with Gasteiger partial charge in [0.15, 0.2) is 12.0 Å². The van der Waals surface area contributed by atoms with E-state index in [2.05, 4.69) is 0 Å². The molecule has 8 heteroatoms. The Morgan fingerprint density at radius 3 is 2.53 bits per heavy atom. The minimum absolute atomic E-state index is 0.0872. The third-order valence-electron chi connectivity index (χ3n) is 5.49. The van der Waals surface area contributed by atoms with Crippen molar-refractivity contribution in [3.8, 4) is 5.75 Å². The minimum Gasteiger partial charge on any atom is -0.484 e. The lowest BCUT2D eigenvalue weighted by Gasteiger charge is -2.26. The largest absolute Gasteiger partial charge is 0.484 e. The number of aryl methyl sites for hydroxylation is 1. The summed E-state index contributed by atoms with van der Waals surface area (Å²) in [5, 5.41) is 0.456. The molecule has 0 radical (unpaired) electrons. The second kappa shape index (κ2) is 8.47. The van der Waals surface area contributed by atoms with Gasteiger partial charge in [-0.15, -0.1) is 0 Å². The smallest absolute Gasteiger partial charge is 0.290 e. The van der Waals surface area contributed by atoms with Gasteiger partial charge in [-0.05, 0) is 50.8 Å². The van der Waals surface area contributed by atoms with E-state index in [1.54, 1.807) is 41.3 Å². The van der Waals surface area contributed by atoms with E-state index in [4.69, 9.17) is 14.9 Å². The van der Waals surface area contributed by atoms with E-state index in [1.807, 2.05) is 32.0 Å². The quantitative estimate of drug-likeness (QED) is 0.609. The number of ether oxygens (including phenoxy) is 1. The number of carbonyl (C=O) groups excluding carboxylic acids is 2. The third-order valence-corrected chi connectivity index (χ3v) is 5.49. The molecule has 0 saturated heterocycles. The topological polar surface area (TPSA) is 106 Å². The molecule has 4 rings (SSSR count). The summed E-state index contributed by atoms with van der Waals surface area (Å²) in [6.45, 7) is 2.73. The lowest BCUT2D eigenvalue weighted by molar-refractivity contribution is -0.119. The fourth-order valence-electron chi connectivity index (χ4n) is 3.92. The number of benzene rings is 2. The van der Waals surface area contributed by atoms with Crippen LogP contribution in [0.5, 0.6) is 5.75 Å². The van der Waals surface area contributed by atoms with Crippen LogP contribution < -0.4 is 15.9 Å². The van der Waals surface area contributed by atoms with Crippen molar-refractivity contribution in [3.63, 3.8) is 0 Å². The maximum absolute atomic E-state index is 13.5. The van der Waals surface area contributed by atoms with Gasteiger partial charge in [-0.2, -0.15) is 0 Å². The molecule has 1 atom stereocenters. The average Bonchev–Trinajstić information content (AvgIpc) is 3.03. The van der Waals surface area contributed by atoms with Gasteiger partial charge < -0.3 is 24.7 Å². The lowest BCUT2D eigenvalue weighted by atomic mass is 9.98. The van der Waals surface area contributed by atoms with Crippen LogP contribution in [-0.4, -0.2) is 55.4 Å². The standard InChI is InChI=1S/C24H25N3O5/c1-14-4-9-18-17(12-14)22(29)20-21(15-5-7-16(8-6-15)31-13-19(25)28)27(11-10-26(2)3)24(30)23(20)32-18/h4-9,12,21H,10-11,13H2,1-3H3,(H2,25,28). The van der Waals surface area contributed by atoms with Gasteiger partial charge in [0, 0.05) is 13.1 Å². The molecule has 166 valence electrons. The van der Waals surface area contributed by atoms with Crippen molar-refractivity contribution in [1.82, 2.24) is 9.80 Å². The van der Waals surface area contributed by atoms with Gasteiger partial charge in [-0.25, -0.2) is 0 Å². The Bertz CT molecular complexity index is 1250. The number of carbonyl (C=O) groups is 2. The van der Waals surface area contributed by atoms with Gasteiger partial charge in [0.05, 0.1) is 17.0 Å². The zero-order valence-corrected chi connectivity index (χ0v) is 18.3. The number of rotatable bonds is 7. The van der Waals surface area contributed by atoms with E-state index in [9.17, 15) is 14.4 Å². The Morgan fingerprint density at radius 1 is 1.16 bits per heavy atom. The van der Waals surface area contributed by atoms with E-state index in [1.165, 1.54) is 0 Å². The predicted molar refractivity (Wildman–Crippen MR) is 120 cm³/mol. The molecule has 0 spiro atoms. The first kappa shape index (κ1) is 21.6. The molecule has 1 aliphatic heterocycles. The first-order valence-electron chi connectivity index (χ1n) is 10.3. The lowest BCUT2D eigenvalue weighted by Crippen LogP contribution is -2.35. The molecular formula is C24H25N3O5. The molecule has 0 bridgehead atoms. The molecule has 0 fully saturated rings. The number of primary amides is 1. The molecule has 0 saturated carbocycles. The number of hydrogen-bond donors (Lipinski definition) is 1. The van der Waals surface area contributed by atoms with Crippen molar-refractivity contribution in [2.24, 2.45) is 5.73 Å². The van der Waals surface area contributed by atoms with E-state index >= 15 is 0 Å². The number of nitrogens with zero attached hydrogens (tertiary/aromatic N) is 2. The Balaban J connectivity index is 1.82. The van der Waals surface area contributed by atoms with Gasteiger partial charge in [-0.1, -0.05) is 23.8 Å². The van der Waals surface area contributed by atoms with Crippen LogP contribution in [0.2, 0.25) is 0 Å². The molecule has 2 heterocycles. The van der Waals surface area contributed by atoms with Crippen molar-refractivity contribution < 1.29 is 18.7 Å². The highest BCUT2D eigenvalue weighted by Gasteiger charge is 2.42. The first-order chi connectivity index (χ1) is 15.3. The van der Waals surface area contributed by atoms with Crippen LogP contribution in [0, 0.1) is 6.92 Å². The molecule has 1 unspecified atom stereocenters. The van der Waals surface area contributed by atoms with Crippen molar-refractivity contribution in [1.29, 1.82) is 0 Å². The fraction of sp³-hybridized carbons (Fsp3) is 0.292. The van der Waals surface area contributed by atoms with Crippen molar-refractivity contribution in [3.05, 3.63) is 75.1 Å². The molecule has 0 aliphatic carbocycles.